The minimum Gasteiger partial charge on any atom is -0.494 e. The molecule has 3 aromatic rings. The summed E-state index contributed by atoms with van der Waals surface area (Å²) in [7, 11) is 3.66. The topological polar surface area (TPSA) is 36.3 Å². The molecule has 0 aliphatic rings. The van der Waals surface area contributed by atoms with Crippen molar-refractivity contribution in [2.75, 3.05) is 7.11 Å². The van der Waals surface area contributed by atoms with Crippen LogP contribution in [-0.2, 0) is 7.05 Å². The van der Waals surface area contributed by atoms with Crippen molar-refractivity contribution in [2.24, 2.45) is 7.05 Å². The molecule has 2 unspecified atom stereocenters. The Hall–Kier alpha value is -1.91. The molecular weight excluding hydrogens is 383 g/mol. The first kappa shape index (κ1) is 19.8. The van der Waals surface area contributed by atoms with Crippen LogP contribution in [0.15, 0.2) is 30.6 Å². The molecule has 0 aliphatic carbocycles. The van der Waals surface area contributed by atoms with Crippen LogP contribution in [0.5, 0.6) is 11.5 Å². The van der Waals surface area contributed by atoms with Gasteiger partial charge in [0.2, 0.25) is 0 Å². The molecule has 1 aromatic heterocycles. The van der Waals surface area contributed by atoms with Crippen molar-refractivity contribution in [3.63, 3.8) is 0 Å². The zero-order valence-electron chi connectivity index (χ0n) is 16.2. The second kappa shape index (κ2) is 7.99. The van der Waals surface area contributed by atoms with Gasteiger partial charge in [-0.1, -0.05) is 36.2 Å². The lowest BCUT2D eigenvalue weighted by Gasteiger charge is -2.26. The molecule has 0 N–H and O–H groups in total. The summed E-state index contributed by atoms with van der Waals surface area (Å²) in [6.07, 6.45) is 2.64. The fraction of sp³-hybridized carbons (Fsp3) is 0.381. The summed E-state index contributed by atoms with van der Waals surface area (Å²) in [5.74, 6) is 1.62. The van der Waals surface area contributed by atoms with Crippen LogP contribution in [-0.4, -0.2) is 22.8 Å². The molecule has 0 spiro atoms. The molecule has 4 nitrogen and oxygen atoms in total. The first-order valence-corrected chi connectivity index (χ1v) is 9.73. The molecule has 2 aromatic carbocycles. The molecular formula is C21H24Cl2N2O2. The third-order valence-corrected chi connectivity index (χ3v) is 5.48. The van der Waals surface area contributed by atoms with Gasteiger partial charge in [0.25, 0.3) is 0 Å². The highest BCUT2D eigenvalue weighted by atomic mass is 35.5. The van der Waals surface area contributed by atoms with E-state index in [1.54, 1.807) is 13.2 Å². The quantitative estimate of drug-likeness (QED) is 0.491. The number of benzene rings is 2. The number of hydrogen-bond donors (Lipinski definition) is 0. The Kier molecular flexibility index (Phi) is 5.87. The fourth-order valence-electron chi connectivity index (χ4n) is 3.65. The Morgan fingerprint density at radius 1 is 1.22 bits per heavy atom. The monoisotopic (exact) mass is 406 g/mol. The maximum absolute atomic E-state index is 6.38. The smallest absolute Gasteiger partial charge is 0.146 e. The van der Waals surface area contributed by atoms with E-state index in [-0.39, 0.29) is 12.0 Å². The van der Waals surface area contributed by atoms with Gasteiger partial charge in [-0.2, -0.15) is 0 Å². The van der Waals surface area contributed by atoms with Gasteiger partial charge in [0.1, 0.15) is 23.1 Å². The highest BCUT2D eigenvalue weighted by molar-refractivity contribution is 6.35. The van der Waals surface area contributed by atoms with Gasteiger partial charge in [-0.15, -0.1) is 0 Å². The average molecular weight is 407 g/mol. The van der Waals surface area contributed by atoms with E-state index < -0.39 is 0 Å². The Balaban J connectivity index is 2.01. The minimum atomic E-state index is -0.0844. The van der Waals surface area contributed by atoms with Gasteiger partial charge in [0, 0.05) is 18.0 Å². The Morgan fingerprint density at radius 3 is 2.59 bits per heavy atom. The second-order valence-electron chi connectivity index (χ2n) is 6.78. The van der Waals surface area contributed by atoms with Crippen molar-refractivity contribution in [2.45, 2.75) is 39.2 Å². The van der Waals surface area contributed by atoms with E-state index in [1.807, 2.05) is 37.0 Å². The van der Waals surface area contributed by atoms with Crippen LogP contribution in [0.3, 0.4) is 0 Å². The molecule has 3 rings (SSSR count). The molecule has 0 radical (unpaired) electrons. The van der Waals surface area contributed by atoms with Crippen LogP contribution in [0.2, 0.25) is 10.0 Å². The minimum absolute atomic E-state index is 0.0844. The molecule has 0 aliphatic heterocycles. The summed E-state index contributed by atoms with van der Waals surface area (Å²) in [6.45, 7) is 6.19. The normalized spacial score (nSPS) is 13.6. The largest absolute Gasteiger partial charge is 0.494 e. The number of nitrogens with zero attached hydrogens (tertiary/aromatic N) is 2. The molecule has 144 valence electrons. The van der Waals surface area contributed by atoms with Gasteiger partial charge in [-0.25, -0.2) is 4.98 Å². The lowest BCUT2D eigenvalue weighted by atomic mass is 9.90. The zero-order chi connectivity index (χ0) is 19.7. The molecule has 0 fully saturated rings. The van der Waals surface area contributed by atoms with Crippen molar-refractivity contribution >= 4 is 34.2 Å². The van der Waals surface area contributed by atoms with Crippen molar-refractivity contribution in [3.8, 4) is 11.5 Å². The number of imidazole rings is 1. The lowest BCUT2D eigenvalue weighted by Crippen LogP contribution is -2.22. The molecule has 0 bridgehead atoms. The molecule has 0 saturated heterocycles. The Morgan fingerprint density at radius 2 is 1.96 bits per heavy atom. The third kappa shape index (κ3) is 3.74. The number of aromatic nitrogens is 2. The standard InChI is InChI=1S/C21H24Cl2N2O2/c1-6-15(13(3)27-21-12(2)9-14(22)10-17(21)23)16-7-8-18(26-5)19-20(16)25(4)11-24-19/h7-11,13,15H,6H2,1-5H3. The van der Waals surface area contributed by atoms with E-state index in [9.17, 15) is 0 Å². The van der Waals surface area contributed by atoms with Crippen LogP contribution in [0.4, 0.5) is 0 Å². The van der Waals surface area contributed by atoms with E-state index >= 15 is 0 Å². The predicted octanol–water partition coefficient (Wildman–Crippen LogP) is 6.16. The average Bonchev–Trinajstić information content (AvgIpc) is 3.01. The molecule has 0 amide bonds. The summed E-state index contributed by atoms with van der Waals surface area (Å²) in [5, 5.41) is 1.14. The van der Waals surface area contributed by atoms with Crippen LogP contribution < -0.4 is 9.47 Å². The van der Waals surface area contributed by atoms with E-state index in [0.717, 1.165) is 28.8 Å². The summed E-state index contributed by atoms with van der Waals surface area (Å²) < 4.78 is 13.8. The van der Waals surface area contributed by atoms with Crippen molar-refractivity contribution < 1.29 is 9.47 Å². The third-order valence-electron chi connectivity index (χ3n) is 4.98. The molecule has 2 atom stereocenters. The Bertz CT molecular complexity index is 945. The number of rotatable bonds is 6. The molecule has 0 saturated carbocycles. The highest BCUT2D eigenvalue weighted by Crippen LogP contribution is 2.38. The number of hydrogen-bond acceptors (Lipinski definition) is 3. The number of halogens is 2. The first-order valence-electron chi connectivity index (χ1n) is 8.97. The highest BCUT2D eigenvalue weighted by Gasteiger charge is 2.25. The lowest BCUT2D eigenvalue weighted by molar-refractivity contribution is 0.185. The number of methoxy groups -OCH3 is 1. The van der Waals surface area contributed by atoms with Crippen molar-refractivity contribution in [1.29, 1.82) is 0 Å². The fourth-order valence-corrected chi connectivity index (χ4v) is 4.29. The van der Waals surface area contributed by atoms with Gasteiger partial charge in [0.15, 0.2) is 0 Å². The number of ether oxygens (including phenoxy) is 2. The maximum Gasteiger partial charge on any atom is 0.146 e. The predicted molar refractivity (Wildman–Crippen MR) is 112 cm³/mol. The van der Waals surface area contributed by atoms with E-state index in [4.69, 9.17) is 32.7 Å². The summed E-state index contributed by atoms with van der Waals surface area (Å²) in [4.78, 5) is 4.51. The van der Waals surface area contributed by atoms with E-state index in [2.05, 4.69) is 24.9 Å². The van der Waals surface area contributed by atoms with Crippen LogP contribution in [0.25, 0.3) is 11.0 Å². The molecule has 6 heteroatoms. The summed E-state index contributed by atoms with van der Waals surface area (Å²) in [5.41, 5.74) is 4.04. The van der Waals surface area contributed by atoms with E-state index in [1.165, 1.54) is 5.56 Å². The van der Waals surface area contributed by atoms with Gasteiger partial charge in [-0.3, -0.25) is 0 Å². The number of fused-ring (bicyclic) bond motifs is 1. The van der Waals surface area contributed by atoms with Crippen LogP contribution in [0, 0.1) is 6.92 Å². The van der Waals surface area contributed by atoms with Crippen LogP contribution in [0.1, 0.15) is 37.3 Å². The molecule has 1 heterocycles. The summed E-state index contributed by atoms with van der Waals surface area (Å²) in [6, 6.07) is 7.66. The van der Waals surface area contributed by atoms with Gasteiger partial charge in [-0.05, 0) is 49.6 Å². The van der Waals surface area contributed by atoms with Gasteiger partial charge in [0.05, 0.1) is 24.0 Å². The molecule has 27 heavy (non-hydrogen) atoms. The zero-order valence-corrected chi connectivity index (χ0v) is 17.7. The first-order chi connectivity index (χ1) is 12.9. The SMILES string of the molecule is CCC(c1ccc(OC)c2ncn(C)c12)C(C)Oc1c(C)cc(Cl)cc1Cl. The number of aryl methyl sites for hydroxylation is 2. The van der Waals surface area contributed by atoms with Crippen molar-refractivity contribution in [3.05, 3.63) is 51.8 Å². The Labute approximate surface area is 170 Å². The van der Waals surface area contributed by atoms with Crippen LogP contribution >= 0.6 is 23.2 Å². The second-order valence-corrected chi connectivity index (χ2v) is 7.62. The van der Waals surface area contributed by atoms with E-state index in [0.29, 0.717) is 15.8 Å². The van der Waals surface area contributed by atoms with Gasteiger partial charge >= 0.3 is 0 Å². The summed E-state index contributed by atoms with van der Waals surface area (Å²) >= 11 is 12.5. The van der Waals surface area contributed by atoms with Gasteiger partial charge < -0.3 is 14.0 Å². The maximum atomic E-state index is 6.38. The van der Waals surface area contributed by atoms with Crippen molar-refractivity contribution in [1.82, 2.24) is 9.55 Å².